The Kier molecular flexibility index (Phi) is 8.61. The van der Waals surface area contributed by atoms with Gasteiger partial charge in [-0.25, -0.2) is 18.0 Å². The van der Waals surface area contributed by atoms with Crippen LogP contribution in [0.15, 0.2) is 42.5 Å². The van der Waals surface area contributed by atoms with Crippen LogP contribution in [0.5, 0.6) is 0 Å². The SMILES string of the molecule is CS(=O)(=O)Nc1cc(C(=O)O)ccc1N1CCN(c2ccc(Cl)cc2)CC1.O=C(O)C(F)(F)F. The van der Waals surface area contributed by atoms with Crippen LogP contribution in [-0.4, -0.2) is 69.2 Å². The average Bonchev–Trinajstić information content (AvgIpc) is 2.73. The number of rotatable bonds is 5. The molecule has 0 bridgehead atoms. The molecule has 3 rings (SSSR count). The van der Waals surface area contributed by atoms with Crippen molar-refractivity contribution in [3.05, 3.63) is 53.1 Å². The number of nitrogens with one attached hydrogen (secondary N) is 1. The van der Waals surface area contributed by atoms with E-state index < -0.39 is 28.1 Å². The highest BCUT2D eigenvalue weighted by Crippen LogP contribution is 2.30. The van der Waals surface area contributed by atoms with Gasteiger partial charge in [-0.3, -0.25) is 4.72 Å². The Balaban J connectivity index is 0.000000509. The molecule has 0 aromatic heterocycles. The van der Waals surface area contributed by atoms with Crippen LogP contribution in [0.3, 0.4) is 0 Å². The third-order valence-electron chi connectivity index (χ3n) is 4.59. The van der Waals surface area contributed by atoms with E-state index in [2.05, 4.69) is 9.62 Å². The third kappa shape index (κ3) is 7.99. The number of carbonyl (C=O) groups is 2. The van der Waals surface area contributed by atoms with Crippen molar-refractivity contribution in [1.29, 1.82) is 0 Å². The molecule has 1 heterocycles. The summed E-state index contributed by atoms with van der Waals surface area (Å²) in [5.41, 5.74) is 2.05. The number of benzene rings is 2. The van der Waals surface area contributed by atoms with Crippen LogP contribution in [0, 0.1) is 0 Å². The maximum Gasteiger partial charge on any atom is 0.490 e. The fourth-order valence-corrected chi connectivity index (χ4v) is 3.77. The van der Waals surface area contributed by atoms with Crippen molar-refractivity contribution >= 4 is 50.6 Å². The molecule has 34 heavy (non-hydrogen) atoms. The first-order valence-corrected chi connectivity index (χ1v) is 11.8. The number of alkyl halides is 3. The molecule has 9 nitrogen and oxygen atoms in total. The van der Waals surface area contributed by atoms with E-state index in [-0.39, 0.29) is 11.3 Å². The number of aliphatic carboxylic acids is 1. The monoisotopic (exact) mass is 523 g/mol. The Morgan fingerprint density at radius 3 is 1.91 bits per heavy atom. The van der Waals surface area contributed by atoms with Gasteiger partial charge in [-0.2, -0.15) is 13.2 Å². The first kappa shape index (κ1) is 27.1. The highest BCUT2D eigenvalue weighted by atomic mass is 35.5. The minimum Gasteiger partial charge on any atom is -0.478 e. The number of aromatic carboxylic acids is 1. The third-order valence-corrected chi connectivity index (χ3v) is 5.44. The van der Waals surface area contributed by atoms with Crippen molar-refractivity contribution in [2.45, 2.75) is 6.18 Å². The summed E-state index contributed by atoms with van der Waals surface area (Å²) in [5, 5.41) is 17.0. The zero-order valence-corrected chi connectivity index (χ0v) is 19.3. The molecule has 0 unspecified atom stereocenters. The van der Waals surface area contributed by atoms with Crippen LogP contribution < -0.4 is 14.5 Å². The first-order chi connectivity index (χ1) is 15.7. The fourth-order valence-electron chi connectivity index (χ4n) is 3.08. The van der Waals surface area contributed by atoms with Gasteiger partial charge in [-0.1, -0.05) is 11.6 Å². The Morgan fingerprint density at radius 1 is 0.971 bits per heavy atom. The molecule has 0 spiro atoms. The van der Waals surface area contributed by atoms with Crippen molar-refractivity contribution in [3.8, 4) is 0 Å². The molecule has 0 amide bonds. The van der Waals surface area contributed by atoms with Gasteiger partial charge in [0.15, 0.2) is 0 Å². The van der Waals surface area contributed by atoms with Crippen molar-refractivity contribution in [1.82, 2.24) is 0 Å². The summed E-state index contributed by atoms with van der Waals surface area (Å²) in [5.74, 6) is -3.86. The molecule has 2 aromatic carbocycles. The molecule has 3 N–H and O–H groups in total. The van der Waals surface area contributed by atoms with Gasteiger partial charge in [0.1, 0.15) is 0 Å². The molecule has 1 aliphatic rings. The van der Waals surface area contributed by atoms with E-state index in [0.717, 1.165) is 25.0 Å². The number of carboxylic acids is 2. The summed E-state index contributed by atoms with van der Waals surface area (Å²) in [6, 6.07) is 12.1. The van der Waals surface area contributed by atoms with E-state index in [9.17, 15) is 31.5 Å². The second-order valence-corrected chi connectivity index (χ2v) is 9.35. The summed E-state index contributed by atoms with van der Waals surface area (Å²) in [4.78, 5) is 24.4. The minimum atomic E-state index is -5.08. The van der Waals surface area contributed by atoms with E-state index >= 15 is 0 Å². The minimum absolute atomic E-state index is 0.0321. The van der Waals surface area contributed by atoms with E-state index in [1.807, 2.05) is 29.2 Å². The lowest BCUT2D eigenvalue weighted by atomic mass is 10.1. The summed E-state index contributed by atoms with van der Waals surface area (Å²) in [6.07, 6.45) is -4.04. The molecule has 1 saturated heterocycles. The largest absolute Gasteiger partial charge is 0.490 e. The number of hydrogen-bond donors (Lipinski definition) is 3. The number of sulfonamides is 1. The Morgan fingerprint density at radius 2 is 1.47 bits per heavy atom. The summed E-state index contributed by atoms with van der Waals surface area (Å²) in [6.45, 7) is 2.85. The Hall–Kier alpha value is -3.19. The predicted octanol–water partition coefficient (Wildman–Crippen LogP) is 3.37. The number of hydrogen-bond acceptors (Lipinski definition) is 6. The van der Waals surface area contributed by atoms with Crippen LogP contribution in [0.4, 0.5) is 30.2 Å². The highest BCUT2D eigenvalue weighted by molar-refractivity contribution is 7.92. The maximum absolute atomic E-state index is 11.7. The zero-order chi connectivity index (χ0) is 25.7. The lowest BCUT2D eigenvalue weighted by Gasteiger charge is -2.38. The summed E-state index contributed by atoms with van der Waals surface area (Å²) >= 11 is 5.93. The smallest absolute Gasteiger partial charge is 0.478 e. The van der Waals surface area contributed by atoms with Crippen LogP contribution in [0.25, 0.3) is 0 Å². The highest BCUT2D eigenvalue weighted by Gasteiger charge is 2.38. The van der Waals surface area contributed by atoms with Crippen molar-refractivity contribution in [3.63, 3.8) is 0 Å². The van der Waals surface area contributed by atoms with E-state index in [4.69, 9.17) is 21.5 Å². The maximum atomic E-state index is 11.7. The van der Waals surface area contributed by atoms with Gasteiger partial charge in [-0.15, -0.1) is 0 Å². The molecule has 0 radical (unpaired) electrons. The number of piperazine rings is 1. The van der Waals surface area contributed by atoms with Gasteiger partial charge in [-0.05, 0) is 42.5 Å². The van der Waals surface area contributed by atoms with Crippen molar-refractivity contribution in [2.24, 2.45) is 0 Å². The number of carboxylic acid groups (broad SMARTS) is 2. The lowest BCUT2D eigenvalue weighted by molar-refractivity contribution is -0.192. The van der Waals surface area contributed by atoms with Crippen molar-refractivity contribution in [2.75, 3.05) is 47.0 Å². The van der Waals surface area contributed by atoms with Crippen LogP contribution in [0.1, 0.15) is 10.4 Å². The molecule has 1 fully saturated rings. The second kappa shape index (κ2) is 10.8. The topological polar surface area (TPSA) is 127 Å². The molecule has 0 saturated carbocycles. The van der Waals surface area contributed by atoms with Gasteiger partial charge >= 0.3 is 18.1 Å². The quantitative estimate of drug-likeness (QED) is 0.544. The standard InChI is InChI=1S/C18H20ClN3O4S.C2HF3O2/c1-27(25,26)20-16-12-13(18(23)24)2-7-17(16)22-10-8-21(9-11-22)15-5-3-14(19)4-6-15;3-2(4,5)1(6)7/h2-7,12,20H,8-11H2,1H3,(H,23,24);(H,6,7). The molecular weight excluding hydrogens is 503 g/mol. The molecule has 2 aromatic rings. The normalized spacial score (nSPS) is 14.1. The van der Waals surface area contributed by atoms with E-state index in [0.29, 0.717) is 23.8 Å². The van der Waals surface area contributed by atoms with Gasteiger partial charge in [0.2, 0.25) is 10.0 Å². The molecule has 14 heteroatoms. The molecule has 1 aliphatic heterocycles. The average molecular weight is 524 g/mol. The molecule has 186 valence electrons. The van der Waals surface area contributed by atoms with Crippen LogP contribution in [-0.2, 0) is 14.8 Å². The summed E-state index contributed by atoms with van der Waals surface area (Å²) < 4.78 is 57.5. The Labute approximate surface area is 198 Å². The van der Waals surface area contributed by atoms with Gasteiger partial charge in [0.25, 0.3) is 0 Å². The number of nitrogens with zero attached hydrogens (tertiary/aromatic N) is 2. The van der Waals surface area contributed by atoms with Gasteiger partial charge in [0.05, 0.1) is 23.2 Å². The lowest BCUT2D eigenvalue weighted by Crippen LogP contribution is -2.46. The molecule has 0 aliphatic carbocycles. The molecular formula is C20H21ClF3N3O6S. The van der Waals surface area contributed by atoms with Crippen molar-refractivity contribution < 1.29 is 41.4 Å². The number of anilines is 3. The first-order valence-electron chi connectivity index (χ1n) is 9.58. The van der Waals surface area contributed by atoms with E-state index in [1.165, 1.54) is 12.1 Å². The summed E-state index contributed by atoms with van der Waals surface area (Å²) in [7, 11) is -3.53. The van der Waals surface area contributed by atoms with Crippen LogP contribution in [0.2, 0.25) is 5.02 Å². The second-order valence-electron chi connectivity index (χ2n) is 7.16. The number of halogens is 4. The van der Waals surface area contributed by atoms with Crippen LogP contribution >= 0.6 is 11.6 Å². The Bertz CT molecular complexity index is 1140. The zero-order valence-electron chi connectivity index (χ0n) is 17.7. The van der Waals surface area contributed by atoms with Gasteiger partial charge < -0.3 is 20.0 Å². The molecule has 0 atom stereocenters. The fraction of sp³-hybridized carbons (Fsp3) is 0.300. The van der Waals surface area contributed by atoms with Gasteiger partial charge in [0, 0.05) is 36.9 Å². The predicted molar refractivity (Wildman–Crippen MR) is 121 cm³/mol. The van der Waals surface area contributed by atoms with E-state index in [1.54, 1.807) is 6.07 Å².